The van der Waals surface area contributed by atoms with Crippen molar-refractivity contribution in [3.63, 3.8) is 0 Å². The van der Waals surface area contributed by atoms with Crippen LogP contribution in [-0.2, 0) is 4.79 Å². The number of benzene rings is 1. The summed E-state index contributed by atoms with van der Waals surface area (Å²) in [5.74, 6) is 0.0686. The minimum absolute atomic E-state index is 0.107. The van der Waals surface area contributed by atoms with E-state index in [1.807, 2.05) is 18.0 Å². The number of hydrogen-bond donors (Lipinski definition) is 2. The van der Waals surface area contributed by atoms with Crippen molar-refractivity contribution in [2.45, 2.75) is 39.3 Å². The van der Waals surface area contributed by atoms with Crippen molar-refractivity contribution in [3.8, 4) is 0 Å². The molecule has 0 saturated carbocycles. The minimum atomic E-state index is -0.758. The lowest BCUT2D eigenvalue weighted by Gasteiger charge is -2.16. The normalized spacial score (nSPS) is 21.7. The molecule has 2 N–H and O–H groups in total. The number of likely N-dealkylation sites (tertiary alicyclic amines) is 1. The van der Waals surface area contributed by atoms with E-state index in [4.69, 9.17) is 4.98 Å². The topological polar surface area (TPSA) is 65.5 Å². The van der Waals surface area contributed by atoms with Crippen molar-refractivity contribution in [1.29, 1.82) is 0 Å². The molecule has 1 aliphatic rings. The number of nitrogens with one attached hydrogen (secondary N) is 1. The monoisotopic (exact) mass is 313 g/mol. The van der Waals surface area contributed by atoms with E-state index >= 15 is 0 Å². The average Bonchev–Trinajstić information content (AvgIpc) is 2.84. The zero-order valence-corrected chi connectivity index (χ0v) is 14.1. The summed E-state index contributed by atoms with van der Waals surface area (Å²) in [6.45, 7) is 6.99. The first-order chi connectivity index (χ1) is 10.9. The predicted molar refractivity (Wildman–Crippen MR) is 92.0 cm³/mol. The van der Waals surface area contributed by atoms with Crippen molar-refractivity contribution >= 4 is 22.7 Å². The molecule has 0 aliphatic carbocycles. The summed E-state index contributed by atoms with van der Waals surface area (Å²) in [7, 11) is 1.85. The molecule has 2 heterocycles. The quantitative estimate of drug-likeness (QED) is 0.912. The Labute approximate surface area is 136 Å². The number of hydrogen-bond acceptors (Lipinski definition) is 4. The second kappa shape index (κ2) is 5.81. The molecule has 2 atom stereocenters. The largest absolute Gasteiger partial charge is 0.480 e. The molecule has 1 aromatic carbocycles. The lowest BCUT2D eigenvalue weighted by molar-refractivity contribution is -0.141. The van der Waals surface area contributed by atoms with Crippen molar-refractivity contribution in [1.82, 2.24) is 9.88 Å². The molecule has 2 aromatic rings. The second-order valence-electron chi connectivity index (χ2n) is 6.60. The molecule has 0 amide bonds. The van der Waals surface area contributed by atoms with Crippen LogP contribution in [0.5, 0.6) is 0 Å². The Balaban J connectivity index is 1.90. The number of likely N-dealkylation sites (N-methyl/N-ethyl adjacent to an activating group) is 1. The lowest BCUT2D eigenvalue weighted by atomic mass is 10.0. The van der Waals surface area contributed by atoms with E-state index in [9.17, 15) is 9.90 Å². The van der Waals surface area contributed by atoms with E-state index in [2.05, 4.69) is 38.2 Å². The second-order valence-corrected chi connectivity index (χ2v) is 6.60. The predicted octanol–water partition coefficient (Wildman–Crippen LogP) is 2.73. The Kier molecular flexibility index (Phi) is 3.98. The number of rotatable bonds is 3. The van der Waals surface area contributed by atoms with Crippen molar-refractivity contribution in [3.05, 3.63) is 34.9 Å². The Hall–Kier alpha value is -2.14. The van der Waals surface area contributed by atoms with Crippen LogP contribution in [0.25, 0.3) is 10.9 Å². The van der Waals surface area contributed by atoms with E-state index in [1.165, 1.54) is 22.1 Å². The first-order valence-electron chi connectivity index (χ1n) is 7.94. The molecule has 1 aromatic heterocycles. The maximum atomic E-state index is 11.2. The van der Waals surface area contributed by atoms with E-state index in [-0.39, 0.29) is 6.04 Å². The fraction of sp³-hybridized carbons (Fsp3) is 0.444. The van der Waals surface area contributed by atoms with Gasteiger partial charge in [-0.05, 0) is 57.0 Å². The van der Waals surface area contributed by atoms with Gasteiger partial charge in [0.15, 0.2) is 0 Å². The molecule has 122 valence electrons. The molecule has 0 spiro atoms. The van der Waals surface area contributed by atoms with Crippen molar-refractivity contribution < 1.29 is 9.90 Å². The summed E-state index contributed by atoms with van der Waals surface area (Å²) in [6, 6.07) is 5.98. The number of fused-ring (bicyclic) bond motifs is 1. The highest BCUT2D eigenvalue weighted by Crippen LogP contribution is 2.26. The SMILES string of the molecule is Cc1ccc2c(C)cc(N[C@@H]3C[C@@H](C(=O)O)N(C)C3)nc2c1C. The third-order valence-corrected chi connectivity index (χ3v) is 4.90. The molecule has 5 nitrogen and oxygen atoms in total. The number of aromatic nitrogens is 1. The van der Waals surface area contributed by atoms with Gasteiger partial charge in [0.1, 0.15) is 11.9 Å². The van der Waals surface area contributed by atoms with Crippen LogP contribution in [0, 0.1) is 20.8 Å². The maximum Gasteiger partial charge on any atom is 0.320 e. The van der Waals surface area contributed by atoms with Gasteiger partial charge in [-0.15, -0.1) is 0 Å². The molecule has 1 saturated heterocycles. The van der Waals surface area contributed by atoms with Crippen molar-refractivity contribution in [2.75, 3.05) is 18.9 Å². The fourth-order valence-corrected chi connectivity index (χ4v) is 3.37. The molecule has 0 radical (unpaired) electrons. The first-order valence-corrected chi connectivity index (χ1v) is 7.94. The van der Waals surface area contributed by atoms with Gasteiger partial charge in [0.2, 0.25) is 0 Å². The number of carboxylic acids is 1. The third kappa shape index (κ3) is 2.88. The maximum absolute atomic E-state index is 11.2. The average molecular weight is 313 g/mol. The standard InChI is InChI=1S/C18H23N3O2/c1-10-5-6-14-11(2)7-16(20-17(14)12(10)3)19-13-8-15(18(22)23)21(4)9-13/h5-7,13,15H,8-9H2,1-4H3,(H,19,20)(H,22,23)/t13-,15+/m1/s1. The molecule has 3 rings (SSSR count). The van der Waals surface area contributed by atoms with Gasteiger partial charge in [-0.25, -0.2) is 4.98 Å². The van der Waals surface area contributed by atoms with E-state index in [0.717, 1.165) is 11.3 Å². The van der Waals surface area contributed by atoms with Crippen LogP contribution in [0.3, 0.4) is 0 Å². The minimum Gasteiger partial charge on any atom is -0.480 e. The Morgan fingerprint density at radius 3 is 2.70 bits per heavy atom. The highest BCUT2D eigenvalue weighted by atomic mass is 16.4. The van der Waals surface area contributed by atoms with Gasteiger partial charge in [-0.2, -0.15) is 0 Å². The number of carbonyl (C=O) groups is 1. The number of aryl methyl sites for hydroxylation is 3. The molecule has 0 unspecified atom stereocenters. The number of anilines is 1. The number of pyridine rings is 1. The Morgan fingerprint density at radius 2 is 2.04 bits per heavy atom. The van der Waals surface area contributed by atoms with Gasteiger partial charge in [-0.1, -0.05) is 12.1 Å². The van der Waals surface area contributed by atoms with E-state index in [0.29, 0.717) is 13.0 Å². The van der Waals surface area contributed by atoms with Crippen LogP contribution in [0.4, 0.5) is 5.82 Å². The van der Waals surface area contributed by atoms with Crippen LogP contribution in [-0.4, -0.2) is 46.6 Å². The number of nitrogens with zero attached hydrogens (tertiary/aromatic N) is 2. The van der Waals surface area contributed by atoms with Crippen LogP contribution < -0.4 is 5.32 Å². The van der Waals surface area contributed by atoms with Crippen LogP contribution in [0.2, 0.25) is 0 Å². The van der Waals surface area contributed by atoms with Crippen LogP contribution in [0.1, 0.15) is 23.1 Å². The molecule has 0 bridgehead atoms. The summed E-state index contributed by atoms with van der Waals surface area (Å²) in [4.78, 5) is 17.9. The molecular formula is C18H23N3O2. The molecule has 23 heavy (non-hydrogen) atoms. The molecule has 5 heteroatoms. The van der Waals surface area contributed by atoms with Crippen molar-refractivity contribution in [2.24, 2.45) is 0 Å². The number of aliphatic carboxylic acids is 1. The van der Waals surface area contributed by atoms with Gasteiger partial charge in [0.25, 0.3) is 0 Å². The summed E-state index contributed by atoms with van der Waals surface area (Å²) in [5, 5.41) is 13.8. The fourth-order valence-electron chi connectivity index (χ4n) is 3.37. The highest BCUT2D eigenvalue weighted by molar-refractivity contribution is 5.87. The lowest BCUT2D eigenvalue weighted by Crippen LogP contribution is -2.32. The highest BCUT2D eigenvalue weighted by Gasteiger charge is 2.34. The molecular weight excluding hydrogens is 290 g/mol. The molecule has 1 aliphatic heterocycles. The zero-order valence-electron chi connectivity index (χ0n) is 14.1. The van der Waals surface area contributed by atoms with Gasteiger partial charge in [0, 0.05) is 18.0 Å². The van der Waals surface area contributed by atoms with E-state index < -0.39 is 12.0 Å². The van der Waals surface area contributed by atoms with Gasteiger partial charge >= 0.3 is 5.97 Å². The first kappa shape index (κ1) is 15.7. The summed E-state index contributed by atoms with van der Waals surface area (Å²) >= 11 is 0. The van der Waals surface area contributed by atoms with Crippen LogP contribution >= 0.6 is 0 Å². The third-order valence-electron chi connectivity index (χ3n) is 4.90. The summed E-state index contributed by atoms with van der Waals surface area (Å²) in [6.07, 6.45) is 0.595. The molecule has 1 fully saturated rings. The zero-order chi connectivity index (χ0) is 16.7. The smallest absolute Gasteiger partial charge is 0.320 e. The van der Waals surface area contributed by atoms with Gasteiger partial charge < -0.3 is 10.4 Å². The van der Waals surface area contributed by atoms with Gasteiger partial charge in [-0.3, -0.25) is 9.69 Å². The number of carboxylic acid groups (broad SMARTS) is 1. The Morgan fingerprint density at radius 1 is 1.30 bits per heavy atom. The van der Waals surface area contributed by atoms with Crippen LogP contribution in [0.15, 0.2) is 18.2 Å². The summed E-state index contributed by atoms with van der Waals surface area (Å²) in [5.41, 5.74) is 4.63. The van der Waals surface area contributed by atoms with E-state index in [1.54, 1.807) is 0 Å². The Bertz CT molecular complexity index is 772. The van der Waals surface area contributed by atoms with Gasteiger partial charge in [0.05, 0.1) is 5.52 Å². The summed E-state index contributed by atoms with van der Waals surface area (Å²) < 4.78 is 0.